The van der Waals surface area contributed by atoms with Gasteiger partial charge in [-0.25, -0.2) is 8.78 Å². The van der Waals surface area contributed by atoms with Crippen LogP contribution in [0.3, 0.4) is 0 Å². The van der Waals surface area contributed by atoms with Crippen LogP contribution in [0.25, 0.3) is 11.1 Å². The Hall–Kier alpha value is -2.72. The second kappa shape index (κ2) is 7.90. The van der Waals surface area contributed by atoms with E-state index in [1.54, 1.807) is 36.4 Å². The van der Waals surface area contributed by atoms with Crippen LogP contribution in [0.2, 0.25) is 0 Å². The Labute approximate surface area is 145 Å². The number of rotatable bonds is 6. The van der Waals surface area contributed by atoms with Gasteiger partial charge < -0.3 is 9.84 Å². The van der Waals surface area contributed by atoms with Gasteiger partial charge >= 0.3 is 0 Å². The SMILES string of the molecule is OCc1ccc(-c2ccc(OCc3ccccc3)cc2)c(C(F)F)c1. The van der Waals surface area contributed by atoms with Gasteiger partial charge in [0.15, 0.2) is 0 Å². The van der Waals surface area contributed by atoms with Crippen LogP contribution >= 0.6 is 0 Å². The second-order valence-electron chi connectivity index (χ2n) is 5.68. The first-order valence-electron chi connectivity index (χ1n) is 7.96. The third-order valence-corrected chi connectivity index (χ3v) is 3.95. The number of benzene rings is 3. The first-order chi connectivity index (χ1) is 12.2. The molecule has 0 aromatic heterocycles. The lowest BCUT2D eigenvalue weighted by atomic mass is 9.97. The van der Waals surface area contributed by atoms with Crippen LogP contribution in [0.1, 0.15) is 23.1 Å². The molecule has 25 heavy (non-hydrogen) atoms. The first kappa shape index (κ1) is 17.1. The quantitative estimate of drug-likeness (QED) is 0.654. The van der Waals surface area contributed by atoms with E-state index in [1.807, 2.05) is 30.3 Å². The molecular weight excluding hydrogens is 322 g/mol. The van der Waals surface area contributed by atoms with E-state index in [0.717, 1.165) is 5.56 Å². The van der Waals surface area contributed by atoms with Crippen molar-refractivity contribution in [1.29, 1.82) is 0 Å². The molecule has 3 aromatic carbocycles. The van der Waals surface area contributed by atoms with Crippen molar-refractivity contribution in [2.45, 2.75) is 19.6 Å². The lowest BCUT2D eigenvalue weighted by Crippen LogP contribution is -1.96. The molecule has 1 N–H and O–H groups in total. The number of hydrogen-bond acceptors (Lipinski definition) is 2. The molecule has 0 heterocycles. The Morgan fingerprint density at radius 3 is 2.20 bits per heavy atom. The summed E-state index contributed by atoms with van der Waals surface area (Å²) in [6.07, 6.45) is -2.60. The zero-order chi connectivity index (χ0) is 17.6. The van der Waals surface area contributed by atoms with E-state index in [2.05, 4.69) is 0 Å². The fourth-order valence-electron chi connectivity index (χ4n) is 2.63. The van der Waals surface area contributed by atoms with E-state index < -0.39 is 6.43 Å². The van der Waals surface area contributed by atoms with Crippen molar-refractivity contribution in [3.05, 3.63) is 89.5 Å². The number of aliphatic hydroxyl groups excluding tert-OH is 1. The number of hydrogen-bond donors (Lipinski definition) is 1. The fraction of sp³-hybridized carbons (Fsp3) is 0.143. The molecule has 0 aliphatic rings. The standard InChI is InChI=1S/C21H18F2O2/c22-21(23)20-12-16(13-24)6-11-19(20)17-7-9-18(10-8-17)25-14-15-4-2-1-3-5-15/h1-12,21,24H,13-14H2. The summed E-state index contributed by atoms with van der Waals surface area (Å²) in [5.41, 5.74) is 2.60. The Balaban J connectivity index is 1.78. The number of aliphatic hydroxyl groups is 1. The molecule has 0 aliphatic carbocycles. The van der Waals surface area contributed by atoms with E-state index >= 15 is 0 Å². The summed E-state index contributed by atoms with van der Waals surface area (Å²) in [6.45, 7) is 0.194. The summed E-state index contributed by atoms with van der Waals surface area (Å²) in [7, 11) is 0. The van der Waals surface area contributed by atoms with E-state index in [4.69, 9.17) is 9.84 Å². The average molecular weight is 340 g/mol. The fourth-order valence-corrected chi connectivity index (χ4v) is 2.63. The highest BCUT2D eigenvalue weighted by Gasteiger charge is 2.15. The van der Waals surface area contributed by atoms with Gasteiger partial charge in [0.2, 0.25) is 0 Å². The summed E-state index contributed by atoms with van der Waals surface area (Å²) >= 11 is 0. The van der Waals surface area contributed by atoms with Gasteiger partial charge in [0.25, 0.3) is 6.43 Å². The highest BCUT2D eigenvalue weighted by atomic mass is 19.3. The molecule has 0 aliphatic heterocycles. The van der Waals surface area contributed by atoms with Crippen LogP contribution in [0, 0.1) is 0 Å². The van der Waals surface area contributed by atoms with E-state index in [1.165, 1.54) is 6.07 Å². The van der Waals surface area contributed by atoms with Crippen LogP contribution in [-0.4, -0.2) is 5.11 Å². The van der Waals surface area contributed by atoms with Crippen molar-refractivity contribution in [2.24, 2.45) is 0 Å². The minimum absolute atomic E-state index is 0.0792. The van der Waals surface area contributed by atoms with Crippen LogP contribution in [-0.2, 0) is 13.2 Å². The molecule has 0 spiro atoms. The van der Waals surface area contributed by atoms with Crippen molar-refractivity contribution < 1.29 is 18.6 Å². The molecule has 4 heteroatoms. The normalized spacial score (nSPS) is 10.9. The first-order valence-corrected chi connectivity index (χ1v) is 7.96. The van der Waals surface area contributed by atoms with Crippen molar-refractivity contribution in [1.82, 2.24) is 0 Å². The van der Waals surface area contributed by atoms with Crippen LogP contribution < -0.4 is 4.74 Å². The molecule has 2 nitrogen and oxygen atoms in total. The zero-order valence-corrected chi connectivity index (χ0v) is 13.5. The second-order valence-corrected chi connectivity index (χ2v) is 5.68. The summed E-state index contributed by atoms with van der Waals surface area (Å²) in [4.78, 5) is 0. The highest BCUT2D eigenvalue weighted by molar-refractivity contribution is 5.68. The van der Waals surface area contributed by atoms with Crippen LogP contribution in [0.4, 0.5) is 8.78 Å². The highest BCUT2D eigenvalue weighted by Crippen LogP contribution is 2.33. The lowest BCUT2D eigenvalue weighted by Gasteiger charge is -2.12. The molecule has 0 saturated carbocycles. The molecule has 3 aromatic rings. The van der Waals surface area contributed by atoms with Crippen molar-refractivity contribution in [2.75, 3.05) is 0 Å². The minimum Gasteiger partial charge on any atom is -0.489 e. The van der Waals surface area contributed by atoms with E-state index in [-0.39, 0.29) is 12.2 Å². The van der Waals surface area contributed by atoms with E-state index in [9.17, 15) is 8.78 Å². The van der Waals surface area contributed by atoms with Gasteiger partial charge in [-0.1, -0.05) is 54.6 Å². The maximum Gasteiger partial charge on any atom is 0.264 e. The number of ether oxygens (including phenoxy) is 1. The molecule has 0 bridgehead atoms. The summed E-state index contributed by atoms with van der Waals surface area (Å²) in [6, 6.07) is 21.5. The van der Waals surface area contributed by atoms with Gasteiger partial charge in [-0.3, -0.25) is 0 Å². The molecule has 0 saturated heterocycles. The topological polar surface area (TPSA) is 29.5 Å². The van der Waals surface area contributed by atoms with Gasteiger partial charge in [-0.05, 0) is 40.5 Å². The van der Waals surface area contributed by atoms with Gasteiger partial charge in [-0.15, -0.1) is 0 Å². The molecule has 0 fully saturated rings. The van der Waals surface area contributed by atoms with Crippen LogP contribution in [0.15, 0.2) is 72.8 Å². The van der Waals surface area contributed by atoms with Gasteiger partial charge in [0, 0.05) is 5.56 Å². The molecule has 3 rings (SSSR count). The molecule has 0 atom stereocenters. The molecule has 0 radical (unpaired) electrons. The third kappa shape index (κ3) is 4.22. The number of halogens is 2. The molecular formula is C21H18F2O2. The predicted molar refractivity (Wildman–Crippen MR) is 93.5 cm³/mol. The Kier molecular flexibility index (Phi) is 5.41. The average Bonchev–Trinajstić information content (AvgIpc) is 2.67. The Morgan fingerprint density at radius 2 is 1.56 bits per heavy atom. The monoisotopic (exact) mass is 340 g/mol. The summed E-state index contributed by atoms with van der Waals surface area (Å²) in [5.74, 6) is 0.679. The Morgan fingerprint density at radius 1 is 0.840 bits per heavy atom. The lowest BCUT2D eigenvalue weighted by molar-refractivity contribution is 0.151. The summed E-state index contributed by atoms with van der Waals surface area (Å²) < 4.78 is 32.3. The largest absolute Gasteiger partial charge is 0.489 e. The maximum atomic E-state index is 13.3. The van der Waals surface area contributed by atoms with Gasteiger partial charge in [-0.2, -0.15) is 0 Å². The van der Waals surface area contributed by atoms with Crippen molar-refractivity contribution in [3.8, 4) is 16.9 Å². The number of alkyl halides is 2. The van der Waals surface area contributed by atoms with Gasteiger partial charge in [0.05, 0.1) is 6.61 Å². The van der Waals surface area contributed by atoms with Gasteiger partial charge in [0.1, 0.15) is 12.4 Å². The minimum atomic E-state index is -2.60. The molecule has 0 amide bonds. The maximum absolute atomic E-state index is 13.3. The van der Waals surface area contributed by atoms with Crippen molar-refractivity contribution in [3.63, 3.8) is 0 Å². The molecule has 0 unspecified atom stereocenters. The summed E-state index contributed by atoms with van der Waals surface area (Å²) in [5, 5.41) is 9.13. The van der Waals surface area contributed by atoms with Crippen molar-refractivity contribution >= 4 is 0 Å². The third-order valence-electron chi connectivity index (χ3n) is 3.95. The molecule has 128 valence electrons. The predicted octanol–water partition coefficient (Wildman–Crippen LogP) is 5.36. The smallest absolute Gasteiger partial charge is 0.264 e. The van der Waals surface area contributed by atoms with E-state index in [0.29, 0.717) is 29.0 Å². The van der Waals surface area contributed by atoms with Crippen LogP contribution in [0.5, 0.6) is 5.75 Å². The zero-order valence-electron chi connectivity index (χ0n) is 13.5. The Bertz CT molecular complexity index is 815.